The van der Waals surface area contributed by atoms with Crippen LogP contribution in [0.2, 0.25) is 0 Å². The number of fused-ring (bicyclic) bond motifs is 1. The fourth-order valence-electron chi connectivity index (χ4n) is 3.03. The van der Waals surface area contributed by atoms with Gasteiger partial charge in [-0.15, -0.1) is 0 Å². The Bertz CT molecular complexity index is 1060. The molecule has 0 N–H and O–H groups in total. The number of benzene rings is 2. The molecule has 144 valence electrons. The zero-order valence-corrected chi connectivity index (χ0v) is 16.3. The lowest BCUT2D eigenvalue weighted by Gasteiger charge is -2.20. The van der Waals surface area contributed by atoms with Gasteiger partial charge in [-0.25, -0.2) is 4.79 Å². The molecule has 3 aromatic rings. The van der Waals surface area contributed by atoms with Crippen LogP contribution in [0.3, 0.4) is 0 Å². The summed E-state index contributed by atoms with van der Waals surface area (Å²) in [5.74, 6) is 0.349. The van der Waals surface area contributed by atoms with E-state index in [0.29, 0.717) is 5.58 Å². The fourth-order valence-corrected chi connectivity index (χ4v) is 3.03. The Morgan fingerprint density at radius 3 is 2.43 bits per heavy atom. The molecular weight excluding hydrogens is 354 g/mol. The van der Waals surface area contributed by atoms with Crippen molar-refractivity contribution in [2.24, 2.45) is 0 Å². The van der Waals surface area contributed by atoms with Crippen molar-refractivity contribution in [3.63, 3.8) is 0 Å². The van der Waals surface area contributed by atoms with Crippen molar-refractivity contribution in [2.75, 3.05) is 25.1 Å². The molecule has 2 aromatic carbocycles. The van der Waals surface area contributed by atoms with E-state index in [1.807, 2.05) is 42.5 Å². The third-order valence-corrected chi connectivity index (χ3v) is 4.66. The summed E-state index contributed by atoms with van der Waals surface area (Å²) in [7, 11) is 1.60. The van der Waals surface area contributed by atoms with Crippen LogP contribution < -0.4 is 15.3 Å². The van der Waals surface area contributed by atoms with E-state index in [0.717, 1.165) is 35.5 Å². The first kappa shape index (κ1) is 19.4. The van der Waals surface area contributed by atoms with Gasteiger partial charge in [0.2, 0.25) is 0 Å². The van der Waals surface area contributed by atoms with Crippen LogP contribution in [0.5, 0.6) is 5.75 Å². The van der Waals surface area contributed by atoms with Crippen molar-refractivity contribution in [1.82, 2.24) is 0 Å². The maximum Gasteiger partial charge on any atom is 0.347 e. The van der Waals surface area contributed by atoms with E-state index in [1.54, 1.807) is 19.3 Å². The van der Waals surface area contributed by atoms with E-state index in [1.165, 1.54) is 6.08 Å². The van der Waals surface area contributed by atoms with Crippen molar-refractivity contribution in [1.29, 1.82) is 0 Å². The Labute approximate surface area is 163 Å². The Kier molecular flexibility index (Phi) is 5.94. The minimum absolute atomic E-state index is 0.0212. The molecule has 5 heteroatoms. The summed E-state index contributed by atoms with van der Waals surface area (Å²) >= 11 is 0. The lowest BCUT2D eigenvalue weighted by Crippen LogP contribution is -2.21. The molecule has 0 atom stereocenters. The standard InChI is InChI=1S/C23H23NO4/c1-4-24(5-2)18-10-9-17-14-20(23(26)28-22(17)15-18)21(25)13-8-16-6-11-19(27-3)12-7-16/h6-15H,4-5H2,1-3H3/b13-8+. The second-order valence-electron chi connectivity index (χ2n) is 6.31. The Morgan fingerprint density at radius 1 is 1.07 bits per heavy atom. The van der Waals surface area contributed by atoms with Crippen LogP contribution in [0.1, 0.15) is 29.8 Å². The van der Waals surface area contributed by atoms with Gasteiger partial charge in [-0.1, -0.05) is 18.2 Å². The van der Waals surface area contributed by atoms with Gasteiger partial charge < -0.3 is 14.1 Å². The summed E-state index contributed by atoms with van der Waals surface area (Å²) in [6, 6.07) is 14.6. The Hall–Kier alpha value is -3.34. The number of carbonyl (C=O) groups excluding carboxylic acids is 1. The van der Waals surface area contributed by atoms with E-state index in [4.69, 9.17) is 9.15 Å². The summed E-state index contributed by atoms with van der Waals surface area (Å²) in [4.78, 5) is 27.0. The monoisotopic (exact) mass is 377 g/mol. The number of anilines is 1. The van der Waals surface area contributed by atoms with Crippen LogP contribution in [0.15, 0.2) is 63.8 Å². The minimum Gasteiger partial charge on any atom is -0.497 e. The molecule has 0 aliphatic carbocycles. The molecule has 0 amide bonds. The summed E-state index contributed by atoms with van der Waals surface area (Å²) in [5, 5.41) is 0.719. The number of rotatable bonds is 7. The first-order valence-electron chi connectivity index (χ1n) is 9.25. The molecule has 0 unspecified atom stereocenters. The molecule has 3 rings (SSSR count). The SMILES string of the molecule is CCN(CC)c1ccc2cc(C(=O)/C=C/c3ccc(OC)cc3)c(=O)oc2c1. The number of nitrogens with zero attached hydrogens (tertiary/aromatic N) is 1. The topological polar surface area (TPSA) is 59.8 Å². The normalized spacial score (nSPS) is 11.1. The van der Waals surface area contributed by atoms with Gasteiger partial charge >= 0.3 is 5.63 Å². The summed E-state index contributed by atoms with van der Waals surface area (Å²) < 4.78 is 10.5. The molecular formula is C23H23NO4. The number of carbonyl (C=O) groups is 1. The largest absolute Gasteiger partial charge is 0.497 e. The van der Waals surface area contributed by atoms with Gasteiger partial charge in [0.15, 0.2) is 5.78 Å². The maximum absolute atomic E-state index is 12.5. The fraction of sp³-hybridized carbons (Fsp3) is 0.217. The number of hydrogen-bond donors (Lipinski definition) is 0. The zero-order valence-electron chi connectivity index (χ0n) is 16.3. The van der Waals surface area contributed by atoms with Crippen molar-refractivity contribution in [3.8, 4) is 5.75 Å². The first-order valence-corrected chi connectivity index (χ1v) is 9.25. The van der Waals surface area contributed by atoms with Gasteiger partial charge in [-0.05, 0) is 55.8 Å². The van der Waals surface area contributed by atoms with Crippen LogP contribution >= 0.6 is 0 Å². The average molecular weight is 377 g/mol. The van der Waals surface area contributed by atoms with Gasteiger partial charge in [0.25, 0.3) is 0 Å². The Morgan fingerprint density at radius 2 is 1.79 bits per heavy atom. The van der Waals surface area contributed by atoms with Crippen molar-refractivity contribution < 1.29 is 13.9 Å². The molecule has 0 aliphatic rings. The molecule has 0 fully saturated rings. The third kappa shape index (κ3) is 4.14. The van der Waals surface area contributed by atoms with Crippen LogP contribution in [-0.2, 0) is 0 Å². The highest BCUT2D eigenvalue weighted by Gasteiger charge is 2.12. The molecule has 28 heavy (non-hydrogen) atoms. The van der Waals surface area contributed by atoms with E-state index in [2.05, 4.69) is 18.7 Å². The average Bonchev–Trinajstić information content (AvgIpc) is 2.72. The molecule has 0 saturated heterocycles. The quantitative estimate of drug-likeness (QED) is 0.344. The summed E-state index contributed by atoms with van der Waals surface area (Å²) in [6.45, 7) is 5.86. The van der Waals surface area contributed by atoms with Gasteiger partial charge in [-0.3, -0.25) is 4.79 Å². The summed E-state index contributed by atoms with van der Waals surface area (Å²) in [6.07, 6.45) is 3.04. The van der Waals surface area contributed by atoms with Gasteiger partial charge in [0.05, 0.1) is 7.11 Å². The van der Waals surface area contributed by atoms with Crippen LogP contribution in [0.25, 0.3) is 17.0 Å². The minimum atomic E-state index is -0.631. The van der Waals surface area contributed by atoms with Gasteiger partial charge in [0, 0.05) is 30.2 Å². The van der Waals surface area contributed by atoms with E-state index < -0.39 is 5.63 Å². The Balaban J connectivity index is 1.88. The van der Waals surface area contributed by atoms with E-state index in [9.17, 15) is 9.59 Å². The van der Waals surface area contributed by atoms with Crippen LogP contribution in [0, 0.1) is 0 Å². The van der Waals surface area contributed by atoms with Gasteiger partial charge in [-0.2, -0.15) is 0 Å². The predicted octanol–water partition coefficient (Wildman–Crippen LogP) is 4.54. The third-order valence-electron chi connectivity index (χ3n) is 4.66. The van der Waals surface area contributed by atoms with Gasteiger partial charge in [0.1, 0.15) is 16.9 Å². The summed E-state index contributed by atoms with van der Waals surface area (Å²) in [5.41, 5.74) is 1.69. The van der Waals surface area contributed by atoms with Crippen molar-refractivity contribution in [2.45, 2.75) is 13.8 Å². The maximum atomic E-state index is 12.5. The highest BCUT2D eigenvalue weighted by molar-refractivity contribution is 6.07. The lowest BCUT2D eigenvalue weighted by atomic mass is 10.1. The molecule has 5 nitrogen and oxygen atoms in total. The number of ketones is 1. The molecule has 0 spiro atoms. The molecule has 1 aromatic heterocycles. The second-order valence-corrected chi connectivity index (χ2v) is 6.31. The molecule has 1 heterocycles. The number of methoxy groups -OCH3 is 1. The number of ether oxygens (including phenoxy) is 1. The van der Waals surface area contributed by atoms with E-state index >= 15 is 0 Å². The molecule has 0 bridgehead atoms. The first-order chi connectivity index (χ1) is 13.5. The molecule has 0 saturated carbocycles. The lowest BCUT2D eigenvalue weighted by molar-refractivity contribution is 0.104. The van der Waals surface area contributed by atoms with Crippen LogP contribution in [-0.4, -0.2) is 26.0 Å². The second kappa shape index (κ2) is 8.57. The van der Waals surface area contributed by atoms with Crippen molar-refractivity contribution in [3.05, 3.63) is 76.2 Å². The predicted molar refractivity (Wildman–Crippen MR) is 112 cm³/mol. The number of hydrogen-bond acceptors (Lipinski definition) is 5. The molecule has 0 aliphatic heterocycles. The molecule has 0 radical (unpaired) electrons. The highest BCUT2D eigenvalue weighted by Crippen LogP contribution is 2.22. The number of allylic oxidation sites excluding steroid dienone is 1. The van der Waals surface area contributed by atoms with Crippen molar-refractivity contribution >= 4 is 28.5 Å². The highest BCUT2D eigenvalue weighted by atomic mass is 16.5. The smallest absolute Gasteiger partial charge is 0.347 e. The van der Waals surface area contributed by atoms with Crippen LogP contribution in [0.4, 0.5) is 5.69 Å². The van der Waals surface area contributed by atoms with E-state index in [-0.39, 0.29) is 11.3 Å². The zero-order chi connectivity index (χ0) is 20.1.